The van der Waals surface area contributed by atoms with E-state index >= 15 is 0 Å². The highest BCUT2D eigenvalue weighted by molar-refractivity contribution is 5.95. The number of nitrogens with zero attached hydrogens (tertiary/aromatic N) is 1. The van der Waals surface area contributed by atoms with E-state index in [1.54, 1.807) is 6.07 Å². The van der Waals surface area contributed by atoms with Gasteiger partial charge in [0.1, 0.15) is 5.69 Å². The van der Waals surface area contributed by atoms with E-state index in [9.17, 15) is 19.7 Å². The van der Waals surface area contributed by atoms with Gasteiger partial charge in [-0.1, -0.05) is 19.1 Å². The van der Waals surface area contributed by atoms with Crippen LogP contribution in [0.4, 0.5) is 11.4 Å². The minimum Gasteiger partial charge on any atom is -0.455 e. The first-order valence-corrected chi connectivity index (χ1v) is 6.19. The van der Waals surface area contributed by atoms with Crippen LogP contribution in [0.25, 0.3) is 0 Å². The van der Waals surface area contributed by atoms with E-state index < -0.39 is 23.4 Å². The van der Waals surface area contributed by atoms with Gasteiger partial charge >= 0.3 is 5.97 Å². The molecule has 1 N–H and O–H groups in total. The van der Waals surface area contributed by atoms with Gasteiger partial charge in [0.05, 0.1) is 10.8 Å². The zero-order valence-electron chi connectivity index (χ0n) is 10.9. The summed E-state index contributed by atoms with van der Waals surface area (Å²) in [6.45, 7) is 1.49. The van der Waals surface area contributed by atoms with Gasteiger partial charge in [-0.2, -0.15) is 0 Å². The summed E-state index contributed by atoms with van der Waals surface area (Å²) < 4.78 is 4.85. The van der Waals surface area contributed by atoms with Crippen LogP contribution in [-0.2, 0) is 14.3 Å². The summed E-state index contributed by atoms with van der Waals surface area (Å²) in [7, 11) is 0. The number of anilines is 1. The minimum absolute atomic E-state index is 0.0818. The van der Waals surface area contributed by atoms with E-state index in [4.69, 9.17) is 4.74 Å². The first-order chi connectivity index (χ1) is 9.49. The smallest absolute Gasteiger partial charge is 0.309 e. The van der Waals surface area contributed by atoms with Crippen molar-refractivity contribution in [3.8, 4) is 0 Å². The Kier molecular flexibility index (Phi) is 3.97. The number of carbonyl (C=O) groups excluding carboxylic acids is 2. The highest BCUT2D eigenvalue weighted by Gasteiger charge is 2.40. The highest BCUT2D eigenvalue weighted by atomic mass is 16.6. The van der Waals surface area contributed by atoms with E-state index in [0.717, 1.165) is 6.42 Å². The SMILES string of the molecule is C[C@H]1C[C@@H]1C(=O)OCC(=O)Nc1ccccc1[N+](=O)[O-]. The molecule has 0 bridgehead atoms. The fraction of sp³-hybridized carbons (Fsp3) is 0.385. The van der Waals surface area contributed by atoms with Crippen LogP contribution in [0.5, 0.6) is 0 Å². The molecule has 1 saturated carbocycles. The molecule has 1 amide bonds. The second-order valence-electron chi connectivity index (χ2n) is 4.75. The zero-order chi connectivity index (χ0) is 14.7. The van der Waals surface area contributed by atoms with Gasteiger partial charge in [-0.3, -0.25) is 19.7 Å². The Bertz CT molecular complexity index is 557. The standard InChI is InChI=1S/C13H14N2O5/c1-8-6-9(8)13(17)20-7-12(16)14-10-4-2-3-5-11(10)15(18)19/h2-5,8-9H,6-7H2,1H3,(H,14,16)/t8-,9-/m0/s1. The van der Waals surface area contributed by atoms with Crippen molar-refractivity contribution >= 4 is 23.3 Å². The molecule has 1 aliphatic rings. The topological polar surface area (TPSA) is 98.5 Å². The predicted octanol–water partition coefficient (Wildman–Crippen LogP) is 1.73. The Hall–Kier alpha value is -2.44. The van der Waals surface area contributed by atoms with Gasteiger partial charge < -0.3 is 10.1 Å². The van der Waals surface area contributed by atoms with Crippen molar-refractivity contribution in [2.75, 3.05) is 11.9 Å². The second-order valence-corrected chi connectivity index (χ2v) is 4.75. The lowest BCUT2D eigenvalue weighted by atomic mass is 10.2. The monoisotopic (exact) mass is 278 g/mol. The Morgan fingerprint density at radius 2 is 2.10 bits per heavy atom. The summed E-state index contributed by atoms with van der Waals surface area (Å²) in [6.07, 6.45) is 0.782. The minimum atomic E-state index is -0.596. The van der Waals surface area contributed by atoms with Crippen LogP contribution in [0.1, 0.15) is 13.3 Å². The molecule has 0 heterocycles. The molecule has 106 valence electrons. The third-order valence-electron chi connectivity index (χ3n) is 3.13. The average molecular weight is 278 g/mol. The largest absolute Gasteiger partial charge is 0.455 e. The van der Waals surface area contributed by atoms with Crippen molar-refractivity contribution in [3.05, 3.63) is 34.4 Å². The molecule has 0 aromatic heterocycles. The number of hydrogen-bond donors (Lipinski definition) is 1. The molecule has 1 fully saturated rings. The van der Waals surface area contributed by atoms with Crippen LogP contribution < -0.4 is 5.32 Å². The molecule has 2 atom stereocenters. The number of benzene rings is 1. The van der Waals surface area contributed by atoms with Gasteiger partial charge in [0, 0.05) is 6.07 Å². The van der Waals surface area contributed by atoms with Crippen LogP contribution in [-0.4, -0.2) is 23.4 Å². The number of carbonyl (C=O) groups is 2. The summed E-state index contributed by atoms with van der Waals surface area (Å²) in [5, 5.41) is 13.1. The highest BCUT2D eigenvalue weighted by Crippen LogP contribution is 2.38. The van der Waals surface area contributed by atoms with Gasteiger partial charge in [-0.15, -0.1) is 0 Å². The van der Waals surface area contributed by atoms with E-state index in [1.807, 2.05) is 6.92 Å². The normalized spacial score (nSPS) is 20.1. The van der Waals surface area contributed by atoms with Crippen LogP contribution in [0, 0.1) is 22.0 Å². The summed E-state index contributed by atoms with van der Waals surface area (Å²) in [6, 6.07) is 5.77. The Labute approximate surface area is 115 Å². The van der Waals surface area contributed by atoms with Gasteiger partial charge in [-0.05, 0) is 18.4 Å². The molecule has 0 saturated heterocycles. The molecule has 0 radical (unpaired) electrons. The maximum absolute atomic E-state index is 11.6. The summed E-state index contributed by atoms with van der Waals surface area (Å²) in [4.78, 5) is 33.2. The number of amides is 1. The van der Waals surface area contributed by atoms with Crippen LogP contribution in [0.3, 0.4) is 0 Å². The van der Waals surface area contributed by atoms with Crippen LogP contribution >= 0.6 is 0 Å². The fourth-order valence-electron chi connectivity index (χ4n) is 1.82. The van der Waals surface area contributed by atoms with E-state index in [1.165, 1.54) is 18.2 Å². The number of para-hydroxylation sites is 2. The number of nitro benzene ring substituents is 1. The summed E-state index contributed by atoms with van der Waals surface area (Å²) in [5.41, 5.74) is -0.124. The van der Waals surface area contributed by atoms with Crippen molar-refractivity contribution < 1.29 is 19.2 Å². The molecule has 2 rings (SSSR count). The number of nitrogens with one attached hydrogen (secondary N) is 1. The zero-order valence-corrected chi connectivity index (χ0v) is 10.9. The maximum Gasteiger partial charge on any atom is 0.309 e. The molecular weight excluding hydrogens is 264 g/mol. The summed E-state index contributed by atoms with van der Waals surface area (Å²) >= 11 is 0. The lowest BCUT2D eigenvalue weighted by Crippen LogP contribution is -2.22. The van der Waals surface area contributed by atoms with Crippen LogP contribution in [0.2, 0.25) is 0 Å². The van der Waals surface area contributed by atoms with E-state index in [0.29, 0.717) is 5.92 Å². The van der Waals surface area contributed by atoms with Gasteiger partial charge in [-0.25, -0.2) is 0 Å². The Morgan fingerprint density at radius 3 is 2.70 bits per heavy atom. The van der Waals surface area contributed by atoms with Crippen molar-refractivity contribution in [2.24, 2.45) is 11.8 Å². The molecule has 20 heavy (non-hydrogen) atoms. The first-order valence-electron chi connectivity index (χ1n) is 6.19. The Morgan fingerprint density at radius 1 is 1.45 bits per heavy atom. The van der Waals surface area contributed by atoms with Crippen molar-refractivity contribution in [1.82, 2.24) is 0 Å². The molecular formula is C13H14N2O5. The molecule has 0 spiro atoms. The van der Waals surface area contributed by atoms with E-state index in [-0.39, 0.29) is 17.3 Å². The molecule has 1 aliphatic carbocycles. The Balaban J connectivity index is 1.88. The third kappa shape index (κ3) is 3.31. The lowest BCUT2D eigenvalue weighted by Gasteiger charge is -2.06. The predicted molar refractivity (Wildman–Crippen MR) is 70.0 cm³/mol. The number of hydrogen-bond acceptors (Lipinski definition) is 5. The molecule has 0 aliphatic heterocycles. The fourth-order valence-corrected chi connectivity index (χ4v) is 1.82. The molecule has 7 heteroatoms. The van der Waals surface area contributed by atoms with E-state index in [2.05, 4.69) is 5.32 Å². The average Bonchev–Trinajstić information content (AvgIpc) is 3.13. The lowest BCUT2D eigenvalue weighted by molar-refractivity contribution is -0.383. The third-order valence-corrected chi connectivity index (χ3v) is 3.13. The molecule has 7 nitrogen and oxygen atoms in total. The van der Waals surface area contributed by atoms with Crippen molar-refractivity contribution in [1.29, 1.82) is 0 Å². The second kappa shape index (κ2) is 5.68. The summed E-state index contributed by atoms with van der Waals surface area (Å²) in [5.74, 6) is -0.800. The van der Waals surface area contributed by atoms with Gasteiger partial charge in [0.2, 0.25) is 0 Å². The number of nitro groups is 1. The molecule has 0 unspecified atom stereocenters. The van der Waals surface area contributed by atoms with Gasteiger partial charge in [0.25, 0.3) is 11.6 Å². The van der Waals surface area contributed by atoms with Crippen LogP contribution in [0.15, 0.2) is 24.3 Å². The molecule has 1 aromatic carbocycles. The van der Waals surface area contributed by atoms with Crippen molar-refractivity contribution in [3.63, 3.8) is 0 Å². The quantitative estimate of drug-likeness (QED) is 0.502. The number of ether oxygens (including phenoxy) is 1. The maximum atomic E-state index is 11.6. The molecule has 1 aromatic rings. The van der Waals surface area contributed by atoms with Crippen molar-refractivity contribution in [2.45, 2.75) is 13.3 Å². The number of rotatable bonds is 5. The number of esters is 1. The van der Waals surface area contributed by atoms with Gasteiger partial charge in [0.15, 0.2) is 6.61 Å². The first kappa shape index (κ1) is 14.0.